The van der Waals surface area contributed by atoms with Crippen LogP contribution in [-0.4, -0.2) is 54.1 Å². The van der Waals surface area contributed by atoms with Gasteiger partial charge in [-0.05, 0) is 26.0 Å². The molecule has 0 aliphatic carbocycles. The minimum absolute atomic E-state index is 0.00214. The van der Waals surface area contributed by atoms with Crippen molar-refractivity contribution < 1.29 is 22.7 Å². The van der Waals surface area contributed by atoms with E-state index in [4.69, 9.17) is 9.47 Å². The molecule has 9 heteroatoms. The maximum atomic E-state index is 12.1. The molecule has 0 aromatic heterocycles. The first-order valence-corrected chi connectivity index (χ1v) is 9.28. The van der Waals surface area contributed by atoms with Crippen molar-refractivity contribution in [2.45, 2.75) is 19.9 Å². The average molecular weight is 359 g/mol. The largest absolute Gasteiger partial charge is 0.497 e. The predicted molar refractivity (Wildman–Crippen MR) is 93.4 cm³/mol. The van der Waals surface area contributed by atoms with Gasteiger partial charge < -0.3 is 20.1 Å². The highest BCUT2D eigenvalue weighted by Gasteiger charge is 2.21. The number of carbonyl (C=O) groups excluding carboxylic acids is 1. The van der Waals surface area contributed by atoms with Crippen LogP contribution in [-0.2, 0) is 10.0 Å². The van der Waals surface area contributed by atoms with Crippen LogP contribution in [0.1, 0.15) is 13.8 Å². The van der Waals surface area contributed by atoms with E-state index < -0.39 is 10.0 Å². The summed E-state index contributed by atoms with van der Waals surface area (Å²) < 4.78 is 35.8. The molecule has 0 spiro atoms. The molecule has 0 bridgehead atoms. The summed E-state index contributed by atoms with van der Waals surface area (Å²) in [5.74, 6) is 0.921. The third kappa shape index (κ3) is 5.80. The molecule has 0 unspecified atom stereocenters. The van der Waals surface area contributed by atoms with Crippen LogP contribution in [0.25, 0.3) is 0 Å². The quantitative estimate of drug-likeness (QED) is 0.726. The fourth-order valence-corrected chi connectivity index (χ4v) is 2.97. The summed E-state index contributed by atoms with van der Waals surface area (Å²) in [6.07, 6.45) is 1.10. The maximum Gasteiger partial charge on any atom is 0.315 e. The lowest BCUT2D eigenvalue weighted by Gasteiger charge is -2.24. The van der Waals surface area contributed by atoms with Gasteiger partial charge in [-0.3, -0.25) is 4.31 Å². The van der Waals surface area contributed by atoms with Crippen LogP contribution < -0.4 is 24.4 Å². The van der Waals surface area contributed by atoms with E-state index in [2.05, 4.69) is 10.6 Å². The Hall–Kier alpha value is -2.16. The number of urea groups is 1. The Labute approximate surface area is 143 Å². The molecule has 0 fully saturated rings. The van der Waals surface area contributed by atoms with Crippen molar-refractivity contribution >= 4 is 21.7 Å². The molecular weight excluding hydrogens is 334 g/mol. The molecule has 8 nitrogen and oxygen atoms in total. The van der Waals surface area contributed by atoms with Crippen LogP contribution in [0.2, 0.25) is 0 Å². The molecule has 2 N–H and O–H groups in total. The molecule has 0 radical (unpaired) electrons. The van der Waals surface area contributed by atoms with E-state index in [1.165, 1.54) is 18.5 Å². The van der Waals surface area contributed by atoms with E-state index in [1.807, 2.05) is 13.8 Å². The van der Waals surface area contributed by atoms with Gasteiger partial charge in [-0.25, -0.2) is 13.2 Å². The van der Waals surface area contributed by atoms with Crippen LogP contribution in [0.5, 0.6) is 11.5 Å². The van der Waals surface area contributed by atoms with Crippen molar-refractivity contribution in [1.29, 1.82) is 0 Å². The number of nitrogens with one attached hydrogen (secondary N) is 2. The number of sulfonamides is 1. The molecule has 1 aromatic rings. The molecular formula is C15H25N3O5S. The Morgan fingerprint density at radius 3 is 2.42 bits per heavy atom. The SMILES string of the molecule is COc1ccc(N(CCNC(=O)NC(C)C)S(C)(=O)=O)c(OC)c1. The number of ether oxygens (including phenoxy) is 2. The van der Waals surface area contributed by atoms with Gasteiger partial charge in [-0.15, -0.1) is 0 Å². The Morgan fingerprint density at radius 1 is 1.25 bits per heavy atom. The fourth-order valence-electron chi connectivity index (χ4n) is 2.04. The van der Waals surface area contributed by atoms with Gasteiger partial charge in [-0.2, -0.15) is 0 Å². The first-order valence-electron chi connectivity index (χ1n) is 7.43. The van der Waals surface area contributed by atoms with Gasteiger partial charge in [-0.1, -0.05) is 0 Å². The zero-order valence-corrected chi connectivity index (χ0v) is 15.4. The van der Waals surface area contributed by atoms with E-state index in [-0.39, 0.29) is 25.2 Å². The summed E-state index contributed by atoms with van der Waals surface area (Å²) >= 11 is 0. The molecule has 136 valence electrons. The average Bonchev–Trinajstić information content (AvgIpc) is 2.49. The molecule has 1 rings (SSSR count). The van der Waals surface area contributed by atoms with Crippen molar-refractivity contribution in [3.8, 4) is 11.5 Å². The molecule has 2 amide bonds. The van der Waals surface area contributed by atoms with E-state index >= 15 is 0 Å². The summed E-state index contributed by atoms with van der Waals surface area (Å²) in [5.41, 5.74) is 0.381. The zero-order valence-electron chi connectivity index (χ0n) is 14.6. The van der Waals surface area contributed by atoms with Gasteiger partial charge >= 0.3 is 6.03 Å². The van der Waals surface area contributed by atoms with Crippen molar-refractivity contribution in [1.82, 2.24) is 10.6 Å². The molecule has 0 heterocycles. The number of hydrogen-bond acceptors (Lipinski definition) is 5. The first kappa shape index (κ1) is 19.9. The normalized spacial score (nSPS) is 11.1. The molecule has 0 saturated carbocycles. The predicted octanol–water partition coefficient (Wildman–Crippen LogP) is 1.18. The lowest BCUT2D eigenvalue weighted by atomic mass is 10.2. The van der Waals surface area contributed by atoms with Gasteiger partial charge in [0.05, 0.1) is 32.7 Å². The number of benzene rings is 1. The van der Waals surface area contributed by atoms with Crippen LogP contribution in [0.4, 0.5) is 10.5 Å². The standard InChI is InChI=1S/C15H25N3O5S/c1-11(2)17-15(19)16-8-9-18(24(5,20)21)13-7-6-12(22-3)10-14(13)23-4/h6-7,10-11H,8-9H2,1-5H3,(H2,16,17,19). The lowest BCUT2D eigenvalue weighted by molar-refractivity contribution is 0.239. The minimum atomic E-state index is -3.55. The van der Waals surface area contributed by atoms with Gasteiger partial charge in [0.15, 0.2) is 0 Å². The number of rotatable bonds is 8. The third-order valence-electron chi connectivity index (χ3n) is 3.08. The molecule has 0 aliphatic rings. The number of nitrogens with zero attached hydrogens (tertiary/aromatic N) is 1. The molecule has 0 saturated heterocycles. The first-order chi connectivity index (χ1) is 11.2. The van der Waals surface area contributed by atoms with E-state index in [0.717, 1.165) is 6.26 Å². The lowest BCUT2D eigenvalue weighted by Crippen LogP contribution is -2.44. The second-order valence-corrected chi connectivity index (χ2v) is 7.33. The highest BCUT2D eigenvalue weighted by atomic mass is 32.2. The van der Waals surface area contributed by atoms with Gasteiger partial charge in [0.25, 0.3) is 0 Å². The summed E-state index contributed by atoms with van der Waals surface area (Å²) in [5, 5.41) is 5.30. The molecule has 1 aromatic carbocycles. The molecule has 0 atom stereocenters. The Kier molecular flexibility index (Phi) is 7.15. The van der Waals surface area contributed by atoms with Crippen LogP contribution in [0.3, 0.4) is 0 Å². The summed E-state index contributed by atoms with van der Waals surface area (Å²) in [6, 6.07) is 4.51. The highest BCUT2D eigenvalue weighted by Crippen LogP contribution is 2.33. The van der Waals surface area contributed by atoms with E-state index in [1.54, 1.807) is 18.2 Å². The maximum absolute atomic E-state index is 12.1. The number of hydrogen-bond donors (Lipinski definition) is 2. The Morgan fingerprint density at radius 2 is 1.92 bits per heavy atom. The summed E-state index contributed by atoms with van der Waals surface area (Å²) in [6.45, 7) is 3.91. The minimum Gasteiger partial charge on any atom is -0.497 e. The third-order valence-corrected chi connectivity index (χ3v) is 4.26. The number of anilines is 1. The Balaban J connectivity index is 2.93. The van der Waals surface area contributed by atoms with Crippen molar-refractivity contribution in [3.63, 3.8) is 0 Å². The monoisotopic (exact) mass is 359 g/mol. The van der Waals surface area contributed by atoms with Crippen molar-refractivity contribution in [2.75, 3.05) is 37.9 Å². The number of carbonyl (C=O) groups is 1. The fraction of sp³-hybridized carbons (Fsp3) is 0.533. The number of amides is 2. The highest BCUT2D eigenvalue weighted by molar-refractivity contribution is 7.92. The zero-order chi connectivity index (χ0) is 18.3. The second kappa shape index (κ2) is 8.62. The van der Waals surface area contributed by atoms with Crippen molar-refractivity contribution in [2.24, 2.45) is 0 Å². The van der Waals surface area contributed by atoms with Gasteiger partial charge in [0.1, 0.15) is 11.5 Å². The molecule has 24 heavy (non-hydrogen) atoms. The van der Waals surface area contributed by atoms with E-state index in [9.17, 15) is 13.2 Å². The van der Waals surface area contributed by atoms with Crippen LogP contribution in [0.15, 0.2) is 18.2 Å². The topological polar surface area (TPSA) is 97.0 Å². The van der Waals surface area contributed by atoms with Crippen molar-refractivity contribution in [3.05, 3.63) is 18.2 Å². The van der Waals surface area contributed by atoms with Crippen LogP contribution >= 0.6 is 0 Å². The van der Waals surface area contributed by atoms with Gasteiger partial charge in [0, 0.05) is 18.7 Å². The van der Waals surface area contributed by atoms with Crippen LogP contribution in [0, 0.1) is 0 Å². The van der Waals surface area contributed by atoms with Gasteiger partial charge in [0.2, 0.25) is 10.0 Å². The molecule has 0 aliphatic heterocycles. The smallest absolute Gasteiger partial charge is 0.315 e. The number of methoxy groups -OCH3 is 2. The second-order valence-electron chi connectivity index (χ2n) is 5.43. The summed E-state index contributed by atoms with van der Waals surface area (Å²) in [7, 11) is -0.585. The summed E-state index contributed by atoms with van der Waals surface area (Å²) in [4.78, 5) is 11.6. The van der Waals surface area contributed by atoms with E-state index in [0.29, 0.717) is 17.2 Å². The Bertz CT molecular complexity index is 661.